The van der Waals surface area contributed by atoms with Gasteiger partial charge in [-0.2, -0.15) is 0 Å². The third-order valence-corrected chi connectivity index (χ3v) is 5.26. The number of methoxy groups -OCH3 is 1. The second-order valence-corrected chi connectivity index (χ2v) is 7.37. The minimum Gasteiger partial charge on any atom is -0.464 e. The van der Waals surface area contributed by atoms with Crippen LogP contribution in [0, 0.1) is 0 Å². The fraction of sp³-hybridized carbons (Fsp3) is 0.250. The number of thioether (sulfide) groups is 1. The van der Waals surface area contributed by atoms with Crippen LogP contribution in [-0.2, 0) is 4.74 Å². The first-order valence-corrected chi connectivity index (χ1v) is 10.1. The monoisotopic (exact) mass is 429 g/mol. The highest BCUT2D eigenvalue weighted by Gasteiger charge is 2.36. The van der Waals surface area contributed by atoms with Gasteiger partial charge in [0.15, 0.2) is 0 Å². The van der Waals surface area contributed by atoms with Crippen LogP contribution in [0.3, 0.4) is 0 Å². The summed E-state index contributed by atoms with van der Waals surface area (Å²) in [4.78, 5) is 48.5. The number of hydrogen-bond donors (Lipinski definition) is 2. The van der Waals surface area contributed by atoms with Crippen LogP contribution in [0.5, 0.6) is 0 Å². The lowest BCUT2D eigenvalue weighted by molar-refractivity contribution is 0.0586. The number of fused-ring (bicyclic) bond motifs is 1. The minimum atomic E-state index is -0.841. The van der Waals surface area contributed by atoms with Crippen LogP contribution in [0.15, 0.2) is 45.8 Å². The number of carbonyl (C=O) groups is 4. The van der Waals surface area contributed by atoms with Crippen LogP contribution in [0.2, 0.25) is 0 Å². The number of amides is 2. The number of anilines is 1. The van der Waals surface area contributed by atoms with Crippen LogP contribution < -0.4 is 10.6 Å². The lowest BCUT2D eigenvalue weighted by Crippen LogP contribution is -2.29. The lowest BCUT2D eigenvalue weighted by Gasteiger charge is -2.11. The van der Waals surface area contributed by atoms with Gasteiger partial charge in [0.25, 0.3) is 0 Å². The van der Waals surface area contributed by atoms with Crippen molar-refractivity contribution in [2.75, 3.05) is 24.7 Å². The van der Waals surface area contributed by atoms with Crippen molar-refractivity contribution in [3.63, 3.8) is 0 Å². The topological polar surface area (TPSA) is 128 Å². The van der Waals surface area contributed by atoms with Crippen molar-refractivity contribution >= 4 is 41.0 Å². The van der Waals surface area contributed by atoms with Crippen LogP contribution in [0.4, 0.5) is 10.5 Å². The van der Waals surface area contributed by atoms with Gasteiger partial charge in [-0.25, -0.2) is 9.59 Å². The Labute approximate surface area is 176 Å². The highest BCUT2D eigenvalue weighted by atomic mass is 32.2. The summed E-state index contributed by atoms with van der Waals surface area (Å²) in [5.41, 5.74) is 0.249. The molecule has 1 heterocycles. The van der Waals surface area contributed by atoms with Gasteiger partial charge in [-0.3, -0.25) is 9.59 Å². The first-order chi connectivity index (χ1) is 14.5. The number of ketones is 2. The third kappa shape index (κ3) is 4.95. The summed E-state index contributed by atoms with van der Waals surface area (Å²) in [6.07, 6.45) is 2.58. The molecule has 156 valence electrons. The van der Waals surface area contributed by atoms with Crippen molar-refractivity contribution in [3.8, 4) is 0 Å². The molecule has 0 fully saturated rings. The number of aromatic nitrogens is 1. The number of hydrogen-bond acceptors (Lipinski definition) is 8. The molecule has 0 saturated heterocycles. The predicted molar refractivity (Wildman–Crippen MR) is 110 cm³/mol. The summed E-state index contributed by atoms with van der Waals surface area (Å²) in [6.45, 7) is 0.466. The normalized spacial score (nSPS) is 12.8. The molecule has 1 aliphatic carbocycles. The van der Waals surface area contributed by atoms with Gasteiger partial charge in [0.2, 0.25) is 23.0 Å². The molecule has 3 rings (SSSR count). The van der Waals surface area contributed by atoms with Crippen molar-refractivity contribution < 1.29 is 28.4 Å². The Kier molecular flexibility index (Phi) is 7.02. The van der Waals surface area contributed by atoms with Gasteiger partial charge >= 0.3 is 12.0 Å². The molecule has 1 aromatic carbocycles. The van der Waals surface area contributed by atoms with E-state index in [4.69, 9.17) is 4.52 Å². The standard InChI is InChI=1S/C20H19N3O6S/c1-28-19(26)16-15-17(25)14(11-13(24)18(15)29-23-16)30-10-6-5-9-21-20(27)22-12-7-3-2-4-8-12/h2-4,7-8,11H,5-6,9-10H2,1H3,(H2,21,22,27). The second-order valence-electron chi connectivity index (χ2n) is 6.23. The molecule has 1 aromatic heterocycles. The van der Waals surface area contributed by atoms with Crippen molar-refractivity contribution in [2.45, 2.75) is 12.8 Å². The van der Waals surface area contributed by atoms with Crippen LogP contribution in [0.1, 0.15) is 44.2 Å². The zero-order chi connectivity index (χ0) is 21.5. The van der Waals surface area contributed by atoms with E-state index in [0.717, 1.165) is 7.11 Å². The zero-order valence-electron chi connectivity index (χ0n) is 16.1. The molecule has 0 bridgehead atoms. The average molecular weight is 429 g/mol. The molecule has 1 aliphatic rings. The van der Waals surface area contributed by atoms with Crippen molar-refractivity contribution in [1.29, 1.82) is 0 Å². The summed E-state index contributed by atoms with van der Waals surface area (Å²) in [5, 5.41) is 8.97. The van der Waals surface area contributed by atoms with E-state index in [1.165, 1.54) is 17.8 Å². The molecule has 0 spiro atoms. The molecular formula is C20H19N3O6S. The lowest BCUT2D eigenvalue weighted by atomic mass is 10.00. The van der Waals surface area contributed by atoms with Crippen molar-refractivity contribution in [1.82, 2.24) is 10.5 Å². The minimum absolute atomic E-state index is 0.156. The number of carbonyl (C=O) groups excluding carboxylic acids is 4. The molecule has 2 aromatic rings. The second kappa shape index (κ2) is 9.88. The fourth-order valence-corrected chi connectivity index (χ4v) is 3.69. The first-order valence-electron chi connectivity index (χ1n) is 9.12. The van der Waals surface area contributed by atoms with E-state index in [9.17, 15) is 19.2 Å². The van der Waals surface area contributed by atoms with Gasteiger partial charge in [-0.1, -0.05) is 23.4 Å². The highest BCUT2D eigenvalue weighted by molar-refractivity contribution is 8.04. The van der Waals surface area contributed by atoms with Gasteiger partial charge in [0, 0.05) is 18.3 Å². The number of para-hydroxylation sites is 1. The smallest absolute Gasteiger partial charge is 0.361 e. The van der Waals surface area contributed by atoms with E-state index in [-0.39, 0.29) is 28.0 Å². The van der Waals surface area contributed by atoms with E-state index in [1.54, 1.807) is 12.1 Å². The van der Waals surface area contributed by atoms with E-state index < -0.39 is 17.5 Å². The number of urea groups is 1. The summed E-state index contributed by atoms with van der Waals surface area (Å²) >= 11 is 1.21. The van der Waals surface area contributed by atoms with Crippen LogP contribution in [0.25, 0.3) is 0 Å². The number of benzene rings is 1. The summed E-state index contributed by atoms with van der Waals surface area (Å²) in [5.74, 6) is -1.54. The van der Waals surface area contributed by atoms with Crippen molar-refractivity contribution in [3.05, 3.63) is 58.3 Å². The van der Waals surface area contributed by atoms with Crippen molar-refractivity contribution in [2.24, 2.45) is 0 Å². The van der Waals surface area contributed by atoms with Gasteiger partial charge in [-0.05, 0) is 30.7 Å². The predicted octanol–water partition coefficient (Wildman–Crippen LogP) is 3.06. The average Bonchev–Trinajstić information content (AvgIpc) is 3.20. The molecule has 0 atom stereocenters. The zero-order valence-corrected chi connectivity index (χ0v) is 16.9. The van der Waals surface area contributed by atoms with Crippen LogP contribution >= 0.6 is 11.8 Å². The molecule has 0 aliphatic heterocycles. The van der Waals surface area contributed by atoms with Gasteiger partial charge in [-0.15, -0.1) is 11.8 Å². The quantitative estimate of drug-likeness (QED) is 0.484. The molecule has 30 heavy (non-hydrogen) atoms. The molecule has 10 heteroatoms. The number of unbranched alkanes of at least 4 members (excludes halogenated alkanes) is 1. The fourth-order valence-electron chi connectivity index (χ4n) is 2.69. The molecule has 2 N–H and O–H groups in total. The Morgan fingerprint density at radius 2 is 1.93 bits per heavy atom. The Morgan fingerprint density at radius 3 is 2.67 bits per heavy atom. The Bertz CT molecular complexity index is 999. The maximum absolute atomic E-state index is 12.6. The van der Waals surface area contributed by atoms with E-state index in [2.05, 4.69) is 20.5 Å². The number of rotatable bonds is 8. The number of esters is 1. The van der Waals surface area contributed by atoms with Gasteiger partial charge < -0.3 is 19.9 Å². The summed E-state index contributed by atoms with van der Waals surface area (Å²) < 4.78 is 9.41. The van der Waals surface area contributed by atoms with Gasteiger partial charge in [0.05, 0.1) is 12.0 Å². The molecule has 0 saturated carbocycles. The third-order valence-electron chi connectivity index (χ3n) is 4.15. The number of ether oxygens (including phenoxy) is 1. The molecule has 0 unspecified atom stereocenters. The highest BCUT2D eigenvalue weighted by Crippen LogP contribution is 2.31. The molecule has 9 nitrogen and oxygen atoms in total. The summed E-state index contributed by atoms with van der Waals surface area (Å²) in [6, 6.07) is 8.81. The maximum Gasteiger partial charge on any atom is 0.361 e. The Balaban J connectivity index is 1.44. The molecule has 0 radical (unpaired) electrons. The van der Waals surface area contributed by atoms with E-state index >= 15 is 0 Å². The SMILES string of the molecule is COC(=O)c1noc2c1C(=O)C(SCCCCNC(=O)Nc1ccccc1)=CC2=O. The number of nitrogens with zero attached hydrogens (tertiary/aromatic N) is 1. The van der Waals surface area contributed by atoms with E-state index in [0.29, 0.717) is 30.8 Å². The molecule has 2 amide bonds. The maximum atomic E-state index is 12.6. The Hall–Kier alpha value is -3.40. The number of allylic oxidation sites excluding steroid dienone is 2. The molecular weight excluding hydrogens is 410 g/mol. The summed E-state index contributed by atoms with van der Waals surface area (Å²) in [7, 11) is 1.15. The number of nitrogens with one attached hydrogen (secondary N) is 2. The van der Waals surface area contributed by atoms with E-state index in [1.807, 2.05) is 18.2 Å². The van der Waals surface area contributed by atoms with Gasteiger partial charge in [0.1, 0.15) is 5.56 Å². The first kappa shape index (κ1) is 21.3. The van der Waals surface area contributed by atoms with Crippen LogP contribution in [-0.4, -0.2) is 48.1 Å². The Morgan fingerprint density at radius 1 is 1.17 bits per heavy atom. The largest absolute Gasteiger partial charge is 0.464 e. The number of Topliss-reactive ketones (excluding diaryl/α,β-unsaturated/α-hetero) is 1.